The Morgan fingerprint density at radius 1 is 1.38 bits per heavy atom. The van der Waals surface area contributed by atoms with Gasteiger partial charge in [0.05, 0.1) is 13.3 Å². The molecule has 1 aromatic heterocycles. The van der Waals surface area contributed by atoms with Gasteiger partial charge in [0, 0.05) is 31.4 Å². The zero-order valence-electron chi connectivity index (χ0n) is 16.5. The molecule has 8 nitrogen and oxygen atoms in total. The summed E-state index contributed by atoms with van der Waals surface area (Å²) in [6.07, 6.45) is 7.25. The number of nitrogens with zero attached hydrogens (tertiary/aromatic N) is 2. The lowest BCUT2D eigenvalue weighted by molar-refractivity contribution is -0.145. The Morgan fingerprint density at radius 2 is 2.24 bits per heavy atom. The summed E-state index contributed by atoms with van der Waals surface area (Å²) in [5, 5.41) is 16.0. The van der Waals surface area contributed by atoms with Crippen LogP contribution < -0.4 is 5.32 Å². The first-order valence-electron chi connectivity index (χ1n) is 9.86. The summed E-state index contributed by atoms with van der Waals surface area (Å²) in [5.41, 5.74) is 2.40. The van der Waals surface area contributed by atoms with Crippen LogP contribution >= 0.6 is 0 Å². The third kappa shape index (κ3) is 5.42. The standard InChI is InChI=1S/C21H27N3O5/c1-28-21(27)20(23-18(26)8-5-10-25)16-7-4-6-15(12-16)17-13-22-24(14-17)19-9-2-3-11-29-19/h4,6-7,12-14,19-20,25H,2-3,5,8-11H2,1H3,(H,23,26). The molecule has 0 radical (unpaired) electrons. The first-order valence-corrected chi connectivity index (χ1v) is 9.86. The highest BCUT2D eigenvalue weighted by Crippen LogP contribution is 2.27. The van der Waals surface area contributed by atoms with E-state index in [0.717, 1.165) is 37.0 Å². The van der Waals surface area contributed by atoms with Crippen molar-refractivity contribution in [3.8, 4) is 11.1 Å². The van der Waals surface area contributed by atoms with E-state index in [0.29, 0.717) is 12.0 Å². The van der Waals surface area contributed by atoms with Crippen molar-refractivity contribution in [2.75, 3.05) is 20.3 Å². The molecule has 1 aromatic carbocycles. The Balaban J connectivity index is 1.80. The fourth-order valence-corrected chi connectivity index (χ4v) is 3.34. The minimum absolute atomic E-state index is 0.0469. The highest BCUT2D eigenvalue weighted by Gasteiger charge is 2.24. The second-order valence-corrected chi connectivity index (χ2v) is 7.01. The van der Waals surface area contributed by atoms with Crippen LogP contribution in [0.1, 0.15) is 49.9 Å². The predicted molar refractivity (Wildman–Crippen MR) is 106 cm³/mol. The van der Waals surface area contributed by atoms with Crippen LogP contribution in [0.4, 0.5) is 0 Å². The van der Waals surface area contributed by atoms with Crippen LogP contribution in [-0.2, 0) is 19.1 Å². The van der Waals surface area contributed by atoms with Crippen LogP contribution in [0.2, 0.25) is 0 Å². The van der Waals surface area contributed by atoms with Gasteiger partial charge in [-0.15, -0.1) is 0 Å². The average molecular weight is 401 g/mol. The molecule has 29 heavy (non-hydrogen) atoms. The van der Waals surface area contributed by atoms with E-state index in [1.165, 1.54) is 7.11 Å². The lowest BCUT2D eigenvalue weighted by Gasteiger charge is -2.22. The van der Waals surface area contributed by atoms with Crippen LogP contribution in [0.5, 0.6) is 0 Å². The number of rotatable bonds is 8. The number of hydrogen-bond donors (Lipinski definition) is 2. The van der Waals surface area contributed by atoms with E-state index in [9.17, 15) is 9.59 Å². The number of aliphatic hydroxyl groups excluding tert-OH is 1. The molecule has 156 valence electrons. The van der Waals surface area contributed by atoms with Gasteiger partial charge in [0.2, 0.25) is 5.91 Å². The van der Waals surface area contributed by atoms with Crippen molar-refractivity contribution < 1.29 is 24.2 Å². The summed E-state index contributed by atoms with van der Waals surface area (Å²) in [5.74, 6) is -0.868. The minimum atomic E-state index is -0.914. The molecule has 2 N–H and O–H groups in total. The molecule has 0 aliphatic carbocycles. The fourth-order valence-electron chi connectivity index (χ4n) is 3.34. The third-order valence-electron chi connectivity index (χ3n) is 4.91. The molecule has 1 aliphatic rings. The van der Waals surface area contributed by atoms with Crippen molar-refractivity contribution in [2.45, 2.75) is 44.4 Å². The molecule has 3 rings (SSSR count). The van der Waals surface area contributed by atoms with Gasteiger partial charge >= 0.3 is 5.97 Å². The number of methoxy groups -OCH3 is 1. The summed E-state index contributed by atoms with van der Waals surface area (Å²) >= 11 is 0. The van der Waals surface area contributed by atoms with E-state index in [2.05, 4.69) is 10.4 Å². The summed E-state index contributed by atoms with van der Waals surface area (Å²) in [4.78, 5) is 24.3. The van der Waals surface area contributed by atoms with Crippen molar-refractivity contribution in [3.05, 3.63) is 42.2 Å². The molecule has 1 amide bonds. The zero-order chi connectivity index (χ0) is 20.6. The molecule has 1 saturated heterocycles. The van der Waals surface area contributed by atoms with Gasteiger partial charge in [0.1, 0.15) is 6.23 Å². The monoisotopic (exact) mass is 401 g/mol. The lowest BCUT2D eigenvalue weighted by atomic mass is 10.0. The predicted octanol–water partition coefficient (Wildman–Crippen LogP) is 2.35. The molecule has 2 atom stereocenters. The van der Waals surface area contributed by atoms with Crippen LogP contribution in [0, 0.1) is 0 Å². The maximum atomic E-state index is 12.3. The normalized spacial score (nSPS) is 17.5. The lowest BCUT2D eigenvalue weighted by Crippen LogP contribution is -2.34. The summed E-state index contributed by atoms with van der Waals surface area (Å²) in [7, 11) is 1.28. The fraction of sp³-hybridized carbons (Fsp3) is 0.476. The van der Waals surface area contributed by atoms with Gasteiger partial charge in [-0.05, 0) is 42.9 Å². The summed E-state index contributed by atoms with van der Waals surface area (Å²) in [6.45, 7) is 0.659. The first-order chi connectivity index (χ1) is 14.1. The molecule has 1 fully saturated rings. The van der Waals surface area contributed by atoms with Crippen LogP contribution in [0.3, 0.4) is 0 Å². The third-order valence-corrected chi connectivity index (χ3v) is 4.91. The number of hydrogen-bond acceptors (Lipinski definition) is 6. The molecule has 8 heteroatoms. The second-order valence-electron chi connectivity index (χ2n) is 7.01. The number of nitrogens with one attached hydrogen (secondary N) is 1. The summed E-state index contributed by atoms with van der Waals surface area (Å²) in [6, 6.07) is 6.45. The molecule has 2 unspecified atom stereocenters. The molecule has 0 bridgehead atoms. The van der Waals surface area contributed by atoms with Crippen molar-refractivity contribution in [3.63, 3.8) is 0 Å². The molecular weight excluding hydrogens is 374 g/mol. The average Bonchev–Trinajstić information content (AvgIpc) is 3.26. The van der Waals surface area contributed by atoms with Gasteiger partial charge in [0.15, 0.2) is 6.04 Å². The molecule has 1 aliphatic heterocycles. The maximum Gasteiger partial charge on any atom is 0.333 e. The van der Waals surface area contributed by atoms with Crippen molar-refractivity contribution in [1.29, 1.82) is 0 Å². The maximum absolute atomic E-state index is 12.3. The van der Waals surface area contributed by atoms with Crippen LogP contribution in [0.25, 0.3) is 11.1 Å². The van der Waals surface area contributed by atoms with Crippen LogP contribution in [0.15, 0.2) is 36.7 Å². The molecular formula is C21H27N3O5. The Morgan fingerprint density at radius 3 is 2.97 bits per heavy atom. The van der Waals surface area contributed by atoms with E-state index in [-0.39, 0.29) is 25.2 Å². The zero-order valence-corrected chi connectivity index (χ0v) is 16.5. The number of ether oxygens (including phenoxy) is 2. The van der Waals surface area contributed by atoms with Gasteiger partial charge in [-0.25, -0.2) is 9.48 Å². The highest BCUT2D eigenvalue weighted by molar-refractivity contribution is 5.85. The van der Waals surface area contributed by atoms with Crippen molar-refractivity contribution >= 4 is 11.9 Å². The van der Waals surface area contributed by atoms with E-state index in [4.69, 9.17) is 14.6 Å². The van der Waals surface area contributed by atoms with Crippen molar-refractivity contribution in [2.24, 2.45) is 0 Å². The van der Waals surface area contributed by atoms with Crippen molar-refractivity contribution in [1.82, 2.24) is 15.1 Å². The number of carbonyl (C=O) groups is 2. The largest absolute Gasteiger partial charge is 0.467 e. The number of amides is 1. The van der Waals surface area contributed by atoms with E-state index >= 15 is 0 Å². The topological polar surface area (TPSA) is 103 Å². The van der Waals surface area contributed by atoms with E-state index in [1.54, 1.807) is 12.3 Å². The Kier molecular flexibility index (Phi) is 7.37. The van der Waals surface area contributed by atoms with Gasteiger partial charge < -0.3 is 19.9 Å². The van der Waals surface area contributed by atoms with Gasteiger partial charge in [-0.3, -0.25) is 4.79 Å². The smallest absolute Gasteiger partial charge is 0.333 e. The quantitative estimate of drug-likeness (QED) is 0.658. The van der Waals surface area contributed by atoms with Crippen LogP contribution in [-0.4, -0.2) is 47.1 Å². The molecule has 2 aromatic rings. The number of esters is 1. The SMILES string of the molecule is COC(=O)C(NC(=O)CCCO)c1cccc(-c2cnn(C3CCCCO3)c2)c1. The Bertz CT molecular complexity index is 829. The van der Waals surface area contributed by atoms with Gasteiger partial charge in [0.25, 0.3) is 0 Å². The second kappa shape index (κ2) is 10.2. The number of aromatic nitrogens is 2. The number of benzene rings is 1. The Hall–Kier alpha value is -2.71. The molecule has 2 heterocycles. The first kappa shape index (κ1) is 21.0. The van der Waals surface area contributed by atoms with Gasteiger partial charge in [-0.1, -0.05) is 18.2 Å². The van der Waals surface area contributed by atoms with E-state index in [1.807, 2.05) is 29.1 Å². The molecule has 0 spiro atoms. The Labute approximate surface area is 169 Å². The minimum Gasteiger partial charge on any atom is -0.467 e. The van der Waals surface area contributed by atoms with E-state index < -0.39 is 12.0 Å². The summed E-state index contributed by atoms with van der Waals surface area (Å²) < 4.78 is 12.5. The van der Waals surface area contributed by atoms with Gasteiger partial charge in [-0.2, -0.15) is 5.10 Å². The highest BCUT2D eigenvalue weighted by atomic mass is 16.5. The molecule has 0 saturated carbocycles. The number of aliphatic hydroxyl groups is 1. The number of carbonyl (C=O) groups excluding carboxylic acids is 2.